The first kappa shape index (κ1) is 15.3. The molecule has 0 radical (unpaired) electrons. The Morgan fingerprint density at radius 1 is 1.41 bits per heavy atom. The summed E-state index contributed by atoms with van der Waals surface area (Å²) in [5.41, 5.74) is 0.685. The summed E-state index contributed by atoms with van der Waals surface area (Å²) < 4.78 is 5.26. The number of halogens is 1. The van der Waals surface area contributed by atoms with Gasteiger partial charge in [0.1, 0.15) is 12.1 Å². The number of morpholine rings is 1. The molecule has 0 spiro atoms. The lowest BCUT2D eigenvalue weighted by atomic mass is 10.2. The molecule has 2 fully saturated rings. The molecule has 0 aliphatic carbocycles. The number of benzene rings is 1. The number of nitrogens with zero attached hydrogens (tertiary/aromatic N) is 1. The fourth-order valence-electron chi connectivity index (χ4n) is 2.73. The van der Waals surface area contributed by atoms with E-state index in [1.165, 1.54) is 0 Å². The standard InChI is InChI=1S/C15H18ClN3O3/c16-10-3-1-2-4-13(10)19-7-5-11(15(19)21)18-14(20)12-9-22-8-6-17-12/h1-4,11-12,17H,5-9H2,(H,18,20). The average Bonchev–Trinajstić information content (AvgIpc) is 2.90. The maximum atomic E-state index is 12.5. The summed E-state index contributed by atoms with van der Waals surface area (Å²) in [6.45, 7) is 2.12. The number of rotatable bonds is 3. The Morgan fingerprint density at radius 3 is 2.95 bits per heavy atom. The van der Waals surface area contributed by atoms with Gasteiger partial charge in [-0.1, -0.05) is 23.7 Å². The topological polar surface area (TPSA) is 70.7 Å². The molecule has 0 bridgehead atoms. The molecule has 7 heteroatoms. The first-order valence-corrected chi connectivity index (χ1v) is 7.72. The minimum Gasteiger partial charge on any atom is -0.378 e. The van der Waals surface area contributed by atoms with Crippen molar-refractivity contribution in [3.05, 3.63) is 29.3 Å². The maximum Gasteiger partial charge on any atom is 0.249 e. The van der Waals surface area contributed by atoms with Crippen LogP contribution in [0, 0.1) is 0 Å². The molecule has 2 aliphatic heterocycles. The molecular weight excluding hydrogens is 306 g/mol. The van der Waals surface area contributed by atoms with Gasteiger partial charge in [-0.15, -0.1) is 0 Å². The van der Waals surface area contributed by atoms with Crippen LogP contribution in [0.25, 0.3) is 0 Å². The molecule has 0 aromatic heterocycles. The summed E-state index contributed by atoms with van der Waals surface area (Å²) in [5, 5.41) is 6.41. The third-order valence-electron chi connectivity index (χ3n) is 3.90. The smallest absolute Gasteiger partial charge is 0.249 e. The molecule has 2 N–H and O–H groups in total. The van der Waals surface area contributed by atoms with Crippen LogP contribution in [0.15, 0.2) is 24.3 Å². The molecule has 2 amide bonds. The van der Waals surface area contributed by atoms with Crippen molar-refractivity contribution in [2.75, 3.05) is 31.2 Å². The Bertz CT molecular complexity index is 575. The zero-order valence-corrected chi connectivity index (χ0v) is 12.8. The van der Waals surface area contributed by atoms with Crippen LogP contribution in [0.4, 0.5) is 5.69 Å². The van der Waals surface area contributed by atoms with Gasteiger partial charge in [-0.25, -0.2) is 0 Å². The number of hydrogen-bond donors (Lipinski definition) is 2. The summed E-state index contributed by atoms with van der Waals surface area (Å²) in [4.78, 5) is 26.3. The maximum absolute atomic E-state index is 12.5. The molecule has 3 rings (SSSR count). The summed E-state index contributed by atoms with van der Waals surface area (Å²) in [5.74, 6) is -0.322. The van der Waals surface area contributed by atoms with Crippen LogP contribution >= 0.6 is 11.6 Å². The zero-order valence-electron chi connectivity index (χ0n) is 12.0. The van der Waals surface area contributed by atoms with E-state index in [2.05, 4.69) is 10.6 Å². The van der Waals surface area contributed by atoms with Crippen molar-refractivity contribution < 1.29 is 14.3 Å². The van der Waals surface area contributed by atoms with Crippen molar-refractivity contribution in [2.45, 2.75) is 18.5 Å². The summed E-state index contributed by atoms with van der Waals surface area (Å²) in [7, 11) is 0. The van der Waals surface area contributed by atoms with Crippen molar-refractivity contribution in [3.63, 3.8) is 0 Å². The highest BCUT2D eigenvalue weighted by molar-refractivity contribution is 6.34. The molecule has 1 aromatic carbocycles. The molecule has 22 heavy (non-hydrogen) atoms. The van der Waals surface area contributed by atoms with E-state index >= 15 is 0 Å². The number of hydrogen-bond acceptors (Lipinski definition) is 4. The second-order valence-corrected chi connectivity index (χ2v) is 5.78. The highest BCUT2D eigenvalue weighted by Crippen LogP contribution is 2.28. The van der Waals surface area contributed by atoms with Crippen LogP contribution in [-0.2, 0) is 14.3 Å². The normalized spacial score (nSPS) is 25.3. The Balaban J connectivity index is 1.64. The van der Waals surface area contributed by atoms with Crippen molar-refractivity contribution in [2.24, 2.45) is 0 Å². The number of para-hydroxylation sites is 1. The molecule has 2 heterocycles. The van der Waals surface area contributed by atoms with Gasteiger partial charge in [-0.3, -0.25) is 9.59 Å². The van der Waals surface area contributed by atoms with Gasteiger partial charge >= 0.3 is 0 Å². The molecule has 0 saturated carbocycles. The van der Waals surface area contributed by atoms with E-state index in [0.29, 0.717) is 43.4 Å². The third kappa shape index (κ3) is 3.09. The van der Waals surface area contributed by atoms with Crippen molar-refractivity contribution in [1.82, 2.24) is 10.6 Å². The summed E-state index contributed by atoms with van der Waals surface area (Å²) >= 11 is 6.14. The van der Waals surface area contributed by atoms with E-state index < -0.39 is 12.1 Å². The molecule has 1 aromatic rings. The summed E-state index contributed by atoms with van der Waals surface area (Å²) in [6, 6.07) is 6.31. The highest BCUT2D eigenvalue weighted by Gasteiger charge is 2.35. The molecule has 118 valence electrons. The van der Waals surface area contributed by atoms with Crippen LogP contribution in [0.1, 0.15) is 6.42 Å². The monoisotopic (exact) mass is 323 g/mol. The van der Waals surface area contributed by atoms with Gasteiger partial charge in [-0.2, -0.15) is 0 Å². The number of carbonyl (C=O) groups is 2. The van der Waals surface area contributed by atoms with Crippen LogP contribution < -0.4 is 15.5 Å². The van der Waals surface area contributed by atoms with Crippen molar-refractivity contribution >= 4 is 29.1 Å². The fraction of sp³-hybridized carbons (Fsp3) is 0.467. The number of carbonyl (C=O) groups excluding carboxylic acids is 2. The molecular formula is C15H18ClN3O3. The highest BCUT2D eigenvalue weighted by atomic mass is 35.5. The SMILES string of the molecule is O=C(NC1CCN(c2ccccc2Cl)C1=O)C1COCCN1. The first-order valence-electron chi connectivity index (χ1n) is 7.34. The fourth-order valence-corrected chi connectivity index (χ4v) is 2.97. The lowest BCUT2D eigenvalue weighted by Gasteiger charge is -2.24. The lowest BCUT2D eigenvalue weighted by Crippen LogP contribution is -2.54. The van der Waals surface area contributed by atoms with Gasteiger partial charge in [0.25, 0.3) is 0 Å². The predicted molar refractivity (Wildman–Crippen MR) is 83.0 cm³/mol. The molecule has 2 aliphatic rings. The average molecular weight is 324 g/mol. The Labute approximate surface area is 133 Å². The van der Waals surface area contributed by atoms with Crippen LogP contribution in [-0.4, -0.2) is 50.2 Å². The van der Waals surface area contributed by atoms with Gasteiger partial charge in [0.2, 0.25) is 11.8 Å². The molecule has 2 unspecified atom stereocenters. The van der Waals surface area contributed by atoms with Crippen LogP contribution in [0.3, 0.4) is 0 Å². The minimum absolute atomic E-state index is 0.127. The summed E-state index contributed by atoms with van der Waals surface area (Å²) in [6.07, 6.45) is 0.573. The van der Waals surface area contributed by atoms with Gasteiger partial charge in [0.15, 0.2) is 0 Å². The molecule has 2 saturated heterocycles. The van der Waals surface area contributed by atoms with Gasteiger partial charge in [0, 0.05) is 13.1 Å². The van der Waals surface area contributed by atoms with Crippen LogP contribution in [0.2, 0.25) is 5.02 Å². The van der Waals surface area contributed by atoms with Gasteiger partial charge in [-0.05, 0) is 18.6 Å². The quantitative estimate of drug-likeness (QED) is 0.852. The Kier molecular flexibility index (Phi) is 4.61. The number of ether oxygens (including phenoxy) is 1. The van der Waals surface area contributed by atoms with Gasteiger partial charge < -0.3 is 20.3 Å². The molecule has 6 nitrogen and oxygen atoms in total. The van der Waals surface area contributed by atoms with E-state index in [-0.39, 0.29) is 11.8 Å². The first-order chi connectivity index (χ1) is 10.7. The van der Waals surface area contributed by atoms with E-state index in [4.69, 9.17) is 16.3 Å². The van der Waals surface area contributed by atoms with Crippen molar-refractivity contribution in [3.8, 4) is 0 Å². The Morgan fingerprint density at radius 2 is 2.23 bits per heavy atom. The number of amides is 2. The van der Waals surface area contributed by atoms with E-state index in [0.717, 1.165) is 0 Å². The predicted octanol–water partition coefficient (Wildman–Crippen LogP) is 0.550. The molecule has 2 atom stereocenters. The second-order valence-electron chi connectivity index (χ2n) is 5.37. The van der Waals surface area contributed by atoms with Crippen molar-refractivity contribution in [1.29, 1.82) is 0 Å². The van der Waals surface area contributed by atoms with Gasteiger partial charge in [0.05, 0.1) is 23.9 Å². The Hall–Kier alpha value is -1.63. The van der Waals surface area contributed by atoms with E-state index in [1.54, 1.807) is 17.0 Å². The van der Waals surface area contributed by atoms with Crippen LogP contribution in [0.5, 0.6) is 0 Å². The lowest BCUT2D eigenvalue weighted by molar-refractivity contribution is -0.129. The minimum atomic E-state index is -0.507. The van der Waals surface area contributed by atoms with E-state index in [1.807, 2.05) is 12.1 Å². The zero-order chi connectivity index (χ0) is 15.5. The second kappa shape index (κ2) is 6.64. The third-order valence-corrected chi connectivity index (χ3v) is 4.22. The number of anilines is 1. The largest absolute Gasteiger partial charge is 0.378 e. The number of nitrogens with one attached hydrogen (secondary N) is 2. The van der Waals surface area contributed by atoms with E-state index in [9.17, 15) is 9.59 Å².